The Balaban J connectivity index is 5.31. The zero-order valence-electron chi connectivity index (χ0n) is 61.6. The van der Waals surface area contributed by atoms with Gasteiger partial charge in [0.25, 0.3) is 0 Å². The number of carbonyl (C=O) groups is 4. The van der Waals surface area contributed by atoms with Gasteiger partial charge in [0.1, 0.15) is 19.3 Å². The van der Waals surface area contributed by atoms with Crippen LogP contribution in [0.1, 0.15) is 374 Å². The van der Waals surface area contributed by atoms with Gasteiger partial charge in [-0.2, -0.15) is 0 Å². The van der Waals surface area contributed by atoms with Crippen LogP contribution >= 0.6 is 15.6 Å². The fraction of sp³-hybridized carbons (Fsp3) is 0.870. The van der Waals surface area contributed by atoms with E-state index >= 15 is 0 Å². The second-order valence-electron chi connectivity index (χ2n) is 26.7. The van der Waals surface area contributed by atoms with Crippen molar-refractivity contribution in [2.45, 2.75) is 393 Å². The molecular formula is C77H144O17P2. The first-order valence-corrected chi connectivity index (χ1v) is 42.2. The first-order chi connectivity index (χ1) is 46.7. The summed E-state index contributed by atoms with van der Waals surface area (Å²) in [6, 6.07) is 0. The summed E-state index contributed by atoms with van der Waals surface area (Å²) in [6.07, 6.45) is 65.5. The molecule has 2 unspecified atom stereocenters. The summed E-state index contributed by atoms with van der Waals surface area (Å²) in [5.41, 5.74) is 0. The number of aliphatic hydroxyl groups is 1. The Morgan fingerprint density at radius 1 is 0.281 bits per heavy atom. The molecule has 0 aliphatic heterocycles. The molecule has 0 bridgehead atoms. The largest absolute Gasteiger partial charge is 0.472 e. The molecule has 5 atom stereocenters. The van der Waals surface area contributed by atoms with E-state index in [-0.39, 0.29) is 25.7 Å². The van der Waals surface area contributed by atoms with Crippen LogP contribution in [0.2, 0.25) is 0 Å². The van der Waals surface area contributed by atoms with Crippen molar-refractivity contribution < 1.29 is 80.2 Å². The zero-order chi connectivity index (χ0) is 70.4. The molecular weight excluding hydrogens is 1260 g/mol. The van der Waals surface area contributed by atoms with Crippen molar-refractivity contribution in [2.75, 3.05) is 39.6 Å². The van der Waals surface area contributed by atoms with Crippen molar-refractivity contribution in [2.24, 2.45) is 0 Å². The Hall–Kier alpha value is -2.72. The maximum Gasteiger partial charge on any atom is 0.472 e. The number of rotatable bonds is 75. The Bertz CT molecular complexity index is 1970. The molecule has 17 nitrogen and oxygen atoms in total. The topological polar surface area (TPSA) is 237 Å². The Labute approximate surface area is 585 Å². The molecule has 0 saturated carbocycles. The Morgan fingerprint density at radius 3 is 0.729 bits per heavy atom. The summed E-state index contributed by atoms with van der Waals surface area (Å²) in [7, 11) is -9.93. The molecule has 0 aromatic heterocycles. The van der Waals surface area contributed by atoms with E-state index in [1.54, 1.807) is 0 Å². The predicted molar refractivity (Wildman–Crippen MR) is 391 cm³/mol. The Morgan fingerprint density at radius 2 is 0.479 bits per heavy atom. The molecule has 0 spiro atoms. The number of phosphoric acid groups is 2. The van der Waals surface area contributed by atoms with Crippen LogP contribution < -0.4 is 0 Å². The number of unbranched alkanes of at least 4 members (excludes halogenated alkanes) is 43. The van der Waals surface area contributed by atoms with E-state index in [9.17, 15) is 43.2 Å². The molecule has 0 rings (SSSR count). The number of allylic oxidation sites excluding steroid dienone is 6. The van der Waals surface area contributed by atoms with Crippen LogP contribution in [0.15, 0.2) is 36.5 Å². The predicted octanol–water partition coefficient (Wildman–Crippen LogP) is 22.3. The smallest absolute Gasteiger partial charge is 0.462 e. The van der Waals surface area contributed by atoms with Crippen LogP contribution in [-0.2, 0) is 65.4 Å². The molecule has 0 heterocycles. The number of ether oxygens (including phenoxy) is 4. The lowest BCUT2D eigenvalue weighted by atomic mass is 10.0. The second-order valence-corrected chi connectivity index (χ2v) is 29.6. The van der Waals surface area contributed by atoms with Crippen molar-refractivity contribution in [1.82, 2.24) is 0 Å². The lowest BCUT2D eigenvalue weighted by Gasteiger charge is -2.21. The third-order valence-electron chi connectivity index (χ3n) is 17.1. The fourth-order valence-corrected chi connectivity index (χ4v) is 12.6. The molecule has 0 radical (unpaired) electrons. The first-order valence-electron chi connectivity index (χ1n) is 39.2. The van der Waals surface area contributed by atoms with Gasteiger partial charge >= 0.3 is 39.5 Å². The standard InChI is InChI=1S/C77H144O17P2/c1-5-9-13-17-21-25-29-33-35-39-42-46-50-54-58-62-75(80)88-68-72(93-76(81)63-59-55-51-47-43-38-32-28-24-20-16-12-8-4)69-91-95(83,84)89-65-71(78)66-90-96(85,86)92-70-73(67-87-74(79)61-57-53-49-45-41-37-31-27-23-19-15-11-7-3)94-77(82)64-60-56-52-48-44-40-36-34-30-26-22-18-14-10-6-2/h27-28,31-33,35,71-73,78H,5-26,29-30,34,36-70H2,1-4H3,(H,83,84)(H,85,86)/b31-27-,32-28-,35-33-/t71-,72-,73-/m1/s1. The molecule has 0 amide bonds. The molecule has 0 fully saturated rings. The molecule has 564 valence electrons. The molecule has 0 aromatic carbocycles. The monoisotopic (exact) mass is 1400 g/mol. The van der Waals surface area contributed by atoms with E-state index in [1.807, 2.05) is 0 Å². The van der Waals surface area contributed by atoms with E-state index in [1.165, 1.54) is 154 Å². The normalized spacial score (nSPS) is 14.1. The van der Waals surface area contributed by atoms with Crippen molar-refractivity contribution in [3.63, 3.8) is 0 Å². The maximum absolute atomic E-state index is 13.1. The van der Waals surface area contributed by atoms with Gasteiger partial charge in [-0.15, -0.1) is 0 Å². The average molecular weight is 1400 g/mol. The van der Waals surface area contributed by atoms with Crippen LogP contribution in [0.25, 0.3) is 0 Å². The summed E-state index contributed by atoms with van der Waals surface area (Å²) in [4.78, 5) is 72.8. The molecule has 0 aliphatic carbocycles. The van der Waals surface area contributed by atoms with E-state index in [4.69, 9.17) is 37.0 Å². The van der Waals surface area contributed by atoms with Crippen molar-refractivity contribution in [1.29, 1.82) is 0 Å². The molecule has 0 aromatic rings. The summed E-state index contributed by atoms with van der Waals surface area (Å²) in [6.45, 7) is 4.89. The third kappa shape index (κ3) is 69.7. The zero-order valence-corrected chi connectivity index (χ0v) is 63.4. The second kappa shape index (κ2) is 70.7. The number of phosphoric ester groups is 2. The highest BCUT2D eigenvalue weighted by molar-refractivity contribution is 7.47. The van der Waals surface area contributed by atoms with E-state index < -0.39 is 97.5 Å². The Kier molecular flexibility index (Phi) is 68.7. The van der Waals surface area contributed by atoms with E-state index in [0.717, 1.165) is 141 Å². The summed E-state index contributed by atoms with van der Waals surface area (Å²) < 4.78 is 68.5. The summed E-state index contributed by atoms with van der Waals surface area (Å²) >= 11 is 0. The van der Waals surface area contributed by atoms with E-state index in [0.29, 0.717) is 25.7 Å². The van der Waals surface area contributed by atoms with Crippen LogP contribution in [0.4, 0.5) is 0 Å². The number of hydrogen-bond donors (Lipinski definition) is 3. The van der Waals surface area contributed by atoms with Gasteiger partial charge in [0.2, 0.25) is 0 Å². The lowest BCUT2D eigenvalue weighted by molar-refractivity contribution is -0.161. The van der Waals surface area contributed by atoms with Gasteiger partial charge in [-0.05, 0) is 103 Å². The van der Waals surface area contributed by atoms with Gasteiger partial charge in [0.15, 0.2) is 12.2 Å². The van der Waals surface area contributed by atoms with Crippen molar-refractivity contribution in [3.8, 4) is 0 Å². The van der Waals surface area contributed by atoms with Crippen LogP contribution in [0.3, 0.4) is 0 Å². The van der Waals surface area contributed by atoms with Gasteiger partial charge in [-0.3, -0.25) is 37.3 Å². The average Bonchev–Trinajstić information content (AvgIpc) is 1.22. The van der Waals surface area contributed by atoms with Gasteiger partial charge < -0.3 is 33.8 Å². The fourth-order valence-electron chi connectivity index (χ4n) is 11.0. The van der Waals surface area contributed by atoms with Crippen molar-refractivity contribution >= 4 is 39.5 Å². The van der Waals surface area contributed by atoms with E-state index in [2.05, 4.69) is 64.2 Å². The molecule has 3 N–H and O–H groups in total. The van der Waals surface area contributed by atoms with Gasteiger partial charge in [0.05, 0.1) is 26.4 Å². The summed E-state index contributed by atoms with van der Waals surface area (Å²) in [5.74, 6) is -2.16. The highest BCUT2D eigenvalue weighted by Crippen LogP contribution is 2.45. The lowest BCUT2D eigenvalue weighted by Crippen LogP contribution is -2.30. The molecule has 19 heteroatoms. The SMILES string of the molecule is CCCCCC/C=C\CCCCCCCC(=O)OC[C@H](COP(=O)(O)OC[C@H](O)COP(=O)(O)OC[C@@H](COC(=O)CCCCCCC/C=C\CCCCCCCC)OC(=O)CCCCCCC/C=C\CCCCCC)OC(=O)CCCCCCCCCCCCCCCCC. The van der Waals surface area contributed by atoms with Gasteiger partial charge in [-0.25, -0.2) is 9.13 Å². The quantitative estimate of drug-likeness (QED) is 0.0169. The number of carbonyl (C=O) groups excluding carboxylic acids is 4. The van der Waals surface area contributed by atoms with Gasteiger partial charge in [-0.1, -0.05) is 282 Å². The highest BCUT2D eigenvalue weighted by Gasteiger charge is 2.30. The number of hydrogen-bond acceptors (Lipinski definition) is 15. The minimum Gasteiger partial charge on any atom is -0.462 e. The minimum atomic E-state index is -4.97. The van der Waals surface area contributed by atoms with Gasteiger partial charge in [0, 0.05) is 25.7 Å². The molecule has 0 saturated heterocycles. The first kappa shape index (κ1) is 93.3. The molecule has 0 aliphatic rings. The highest BCUT2D eigenvalue weighted by atomic mass is 31.2. The minimum absolute atomic E-state index is 0.0893. The summed E-state index contributed by atoms with van der Waals surface area (Å²) in [5, 5.41) is 10.6. The number of aliphatic hydroxyl groups excluding tert-OH is 1. The number of esters is 4. The van der Waals surface area contributed by atoms with Crippen LogP contribution in [0, 0.1) is 0 Å². The van der Waals surface area contributed by atoms with Crippen LogP contribution in [-0.4, -0.2) is 96.7 Å². The maximum atomic E-state index is 13.1. The molecule has 96 heavy (non-hydrogen) atoms. The van der Waals surface area contributed by atoms with Crippen LogP contribution in [0.5, 0.6) is 0 Å². The van der Waals surface area contributed by atoms with Crippen molar-refractivity contribution in [3.05, 3.63) is 36.5 Å². The third-order valence-corrected chi connectivity index (χ3v) is 19.0.